The Kier molecular flexibility index (Phi) is 5.68. The molecule has 0 aromatic rings. The lowest BCUT2D eigenvalue weighted by molar-refractivity contribution is -0.126. The molecular formula is C13H20N2O5S. The third-order valence-electron chi connectivity index (χ3n) is 3.28. The van der Waals surface area contributed by atoms with E-state index in [9.17, 15) is 22.6 Å². The standard InChI is InChI=1S/C13H20N2O5S/c1-4-10(21(18,19)20)13(9(3)14-11(16)5-2)15-8-6-7-12(15)17/h5,10H,2,4,6-8H2,1,3H3,(H,14,16)(H,18,19,20). The van der Waals surface area contributed by atoms with Crippen LogP contribution in [-0.2, 0) is 19.7 Å². The second-order valence-electron chi connectivity index (χ2n) is 4.76. The van der Waals surface area contributed by atoms with Gasteiger partial charge in [-0.1, -0.05) is 13.5 Å². The molecule has 21 heavy (non-hydrogen) atoms. The van der Waals surface area contributed by atoms with E-state index in [1.54, 1.807) is 6.92 Å². The normalized spacial score (nSPS) is 18.2. The Morgan fingerprint density at radius 1 is 1.57 bits per heavy atom. The van der Waals surface area contributed by atoms with E-state index in [4.69, 9.17) is 0 Å². The van der Waals surface area contributed by atoms with Crippen molar-refractivity contribution in [1.29, 1.82) is 0 Å². The van der Waals surface area contributed by atoms with E-state index < -0.39 is 21.3 Å². The fourth-order valence-electron chi connectivity index (χ4n) is 2.37. The molecule has 8 heteroatoms. The smallest absolute Gasteiger partial charge is 0.273 e. The van der Waals surface area contributed by atoms with Gasteiger partial charge in [-0.3, -0.25) is 14.1 Å². The summed E-state index contributed by atoms with van der Waals surface area (Å²) in [6.45, 7) is 6.76. The summed E-state index contributed by atoms with van der Waals surface area (Å²) in [5.74, 6) is -0.735. The van der Waals surface area contributed by atoms with Crippen molar-refractivity contribution in [3.63, 3.8) is 0 Å². The molecule has 0 aromatic carbocycles. The van der Waals surface area contributed by atoms with Gasteiger partial charge in [-0.25, -0.2) is 0 Å². The maximum Gasteiger partial charge on any atom is 0.273 e. The minimum atomic E-state index is -4.39. The first-order valence-electron chi connectivity index (χ1n) is 6.63. The number of rotatable bonds is 6. The molecule has 1 aliphatic rings. The number of allylic oxidation sites excluding steroid dienone is 1. The first-order chi connectivity index (χ1) is 9.72. The Bertz CT molecular complexity index is 579. The van der Waals surface area contributed by atoms with E-state index in [-0.39, 0.29) is 23.7 Å². The number of amides is 2. The highest BCUT2D eigenvalue weighted by molar-refractivity contribution is 7.86. The Morgan fingerprint density at radius 2 is 2.19 bits per heavy atom. The van der Waals surface area contributed by atoms with Crippen LogP contribution < -0.4 is 5.32 Å². The van der Waals surface area contributed by atoms with Gasteiger partial charge in [-0.05, 0) is 25.8 Å². The third-order valence-corrected chi connectivity index (χ3v) is 4.56. The van der Waals surface area contributed by atoms with Gasteiger partial charge in [0.1, 0.15) is 5.25 Å². The van der Waals surface area contributed by atoms with E-state index in [0.29, 0.717) is 19.4 Å². The number of carbonyl (C=O) groups is 2. The molecule has 7 nitrogen and oxygen atoms in total. The average Bonchev–Trinajstić information content (AvgIpc) is 2.79. The van der Waals surface area contributed by atoms with Crippen LogP contribution in [0.3, 0.4) is 0 Å². The molecule has 118 valence electrons. The van der Waals surface area contributed by atoms with Crippen molar-refractivity contribution in [3.05, 3.63) is 24.0 Å². The number of likely N-dealkylation sites (tertiary alicyclic amines) is 1. The van der Waals surface area contributed by atoms with Crippen LogP contribution in [-0.4, -0.2) is 41.5 Å². The zero-order chi connectivity index (χ0) is 16.2. The van der Waals surface area contributed by atoms with Crippen molar-refractivity contribution >= 4 is 21.9 Å². The minimum Gasteiger partial charge on any atom is -0.325 e. The number of nitrogens with one attached hydrogen (secondary N) is 1. The second kappa shape index (κ2) is 6.86. The predicted octanol–water partition coefficient (Wildman–Crippen LogP) is 0.809. The zero-order valence-corrected chi connectivity index (χ0v) is 12.9. The maximum absolute atomic E-state index is 11.9. The molecule has 0 radical (unpaired) electrons. The van der Waals surface area contributed by atoms with E-state index in [2.05, 4.69) is 11.9 Å². The van der Waals surface area contributed by atoms with Crippen molar-refractivity contribution < 1.29 is 22.6 Å². The number of hydrogen-bond donors (Lipinski definition) is 2. The number of nitrogens with zero attached hydrogens (tertiary/aromatic N) is 1. The molecule has 0 bridgehead atoms. The molecule has 1 saturated heterocycles. The number of carbonyl (C=O) groups excluding carboxylic acids is 2. The SMILES string of the molecule is C=CC(=O)NC(C)=C(C(CC)S(=O)(=O)O)N1CCCC1=O. The van der Waals surface area contributed by atoms with Crippen molar-refractivity contribution in [3.8, 4) is 0 Å². The van der Waals surface area contributed by atoms with Crippen LogP contribution in [0.4, 0.5) is 0 Å². The molecule has 1 fully saturated rings. The first-order valence-corrected chi connectivity index (χ1v) is 8.13. The highest BCUT2D eigenvalue weighted by atomic mass is 32.2. The third kappa shape index (κ3) is 4.15. The van der Waals surface area contributed by atoms with Crippen LogP contribution in [0.1, 0.15) is 33.1 Å². The van der Waals surface area contributed by atoms with Gasteiger partial charge < -0.3 is 10.2 Å². The lowest BCUT2D eigenvalue weighted by atomic mass is 10.2. The molecule has 0 aromatic heterocycles. The Labute approximate surface area is 124 Å². The summed E-state index contributed by atoms with van der Waals surface area (Å²) in [6, 6.07) is 0. The van der Waals surface area contributed by atoms with Crippen LogP contribution in [0.25, 0.3) is 0 Å². The maximum atomic E-state index is 11.9. The van der Waals surface area contributed by atoms with Gasteiger partial charge in [0, 0.05) is 18.7 Å². The summed E-state index contributed by atoms with van der Waals surface area (Å²) in [7, 11) is -4.39. The van der Waals surface area contributed by atoms with Gasteiger partial charge in [-0.15, -0.1) is 0 Å². The molecule has 1 rings (SSSR count). The van der Waals surface area contributed by atoms with Crippen LogP contribution in [0.15, 0.2) is 24.0 Å². The Balaban J connectivity index is 3.34. The summed E-state index contributed by atoms with van der Waals surface area (Å²) < 4.78 is 32.6. The van der Waals surface area contributed by atoms with E-state index in [1.165, 1.54) is 11.8 Å². The predicted molar refractivity (Wildman–Crippen MR) is 77.6 cm³/mol. The molecule has 0 spiro atoms. The van der Waals surface area contributed by atoms with Gasteiger partial charge in [0.25, 0.3) is 10.1 Å². The quantitative estimate of drug-likeness (QED) is 0.557. The van der Waals surface area contributed by atoms with Gasteiger partial charge in [0.2, 0.25) is 11.8 Å². The molecule has 0 saturated carbocycles. The summed E-state index contributed by atoms with van der Waals surface area (Å²) in [5, 5.41) is 1.21. The monoisotopic (exact) mass is 316 g/mol. The molecule has 1 unspecified atom stereocenters. The molecular weight excluding hydrogens is 296 g/mol. The highest BCUT2D eigenvalue weighted by Crippen LogP contribution is 2.26. The second-order valence-corrected chi connectivity index (χ2v) is 6.36. The van der Waals surface area contributed by atoms with Crippen molar-refractivity contribution in [2.45, 2.75) is 38.4 Å². The van der Waals surface area contributed by atoms with Crippen LogP contribution in [0, 0.1) is 0 Å². The van der Waals surface area contributed by atoms with Crippen LogP contribution in [0.5, 0.6) is 0 Å². The van der Waals surface area contributed by atoms with Crippen LogP contribution in [0.2, 0.25) is 0 Å². The molecule has 2 N–H and O–H groups in total. The lowest BCUT2D eigenvalue weighted by Gasteiger charge is -2.27. The summed E-state index contributed by atoms with van der Waals surface area (Å²) in [6.07, 6.45) is 2.04. The Morgan fingerprint density at radius 3 is 2.57 bits per heavy atom. The summed E-state index contributed by atoms with van der Waals surface area (Å²) in [5.41, 5.74) is 0.345. The first kappa shape index (κ1) is 17.4. The fourth-order valence-corrected chi connectivity index (χ4v) is 3.37. The van der Waals surface area contributed by atoms with Crippen molar-refractivity contribution in [2.24, 2.45) is 0 Å². The molecule has 1 aliphatic heterocycles. The Hall–Kier alpha value is -1.67. The molecule has 0 aliphatic carbocycles. The zero-order valence-electron chi connectivity index (χ0n) is 12.1. The van der Waals surface area contributed by atoms with Gasteiger partial charge in [0.05, 0.1) is 5.70 Å². The largest absolute Gasteiger partial charge is 0.325 e. The van der Waals surface area contributed by atoms with Crippen molar-refractivity contribution in [2.75, 3.05) is 6.54 Å². The highest BCUT2D eigenvalue weighted by Gasteiger charge is 2.35. The molecule has 2 amide bonds. The van der Waals surface area contributed by atoms with E-state index in [0.717, 1.165) is 6.08 Å². The lowest BCUT2D eigenvalue weighted by Crippen LogP contribution is -2.38. The van der Waals surface area contributed by atoms with Crippen molar-refractivity contribution in [1.82, 2.24) is 10.2 Å². The topological polar surface area (TPSA) is 104 Å². The van der Waals surface area contributed by atoms with Gasteiger partial charge >= 0.3 is 0 Å². The van der Waals surface area contributed by atoms with E-state index >= 15 is 0 Å². The average molecular weight is 316 g/mol. The molecule has 1 atom stereocenters. The molecule has 1 heterocycles. The summed E-state index contributed by atoms with van der Waals surface area (Å²) in [4.78, 5) is 24.6. The van der Waals surface area contributed by atoms with Gasteiger partial charge in [0.15, 0.2) is 0 Å². The minimum absolute atomic E-state index is 0.0826. The van der Waals surface area contributed by atoms with Gasteiger partial charge in [-0.2, -0.15) is 8.42 Å². The fraction of sp³-hybridized carbons (Fsp3) is 0.538. The van der Waals surface area contributed by atoms with Crippen LogP contribution >= 0.6 is 0 Å². The summed E-state index contributed by atoms with van der Waals surface area (Å²) >= 11 is 0. The van der Waals surface area contributed by atoms with E-state index in [1.807, 2.05) is 0 Å². The number of hydrogen-bond acceptors (Lipinski definition) is 4.